The number of rotatable bonds is 8. The molecule has 0 radical (unpaired) electrons. The van der Waals surface area contributed by atoms with Gasteiger partial charge in [0.2, 0.25) is 0 Å². The Bertz CT molecular complexity index is 893. The number of hydrogen-bond acceptors (Lipinski definition) is 4. The normalized spacial score (nSPS) is 14.2. The molecule has 0 aliphatic carbocycles. The van der Waals surface area contributed by atoms with Crippen molar-refractivity contribution in [2.75, 3.05) is 37.7 Å². The molecule has 0 fully saturated rings. The molecular formula is C24H35ClN2O3Si. The first kappa shape index (κ1) is 25.6. The van der Waals surface area contributed by atoms with Gasteiger partial charge in [-0.2, -0.15) is 0 Å². The molecule has 0 aromatic heterocycles. The highest BCUT2D eigenvalue weighted by molar-refractivity contribution is 6.74. The van der Waals surface area contributed by atoms with E-state index in [-0.39, 0.29) is 5.04 Å². The fraction of sp³-hybridized carbons (Fsp3) is 0.583. The highest BCUT2D eigenvalue weighted by Gasteiger charge is 2.38. The summed E-state index contributed by atoms with van der Waals surface area (Å²) in [4.78, 5) is 29.1. The number of Topliss-reactive ketones (excluding diaryl/α,β-unsaturated/α-hetero) is 1. The number of carbonyl (C=O) groups excluding carboxylic acids is 2. The molecule has 1 aromatic rings. The minimum Gasteiger partial charge on any atom is -0.416 e. The molecule has 0 saturated heterocycles. The molecule has 1 aliphatic heterocycles. The molecule has 7 heteroatoms. The third-order valence-electron chi connectivity index (χ3n) is 6.29. The van der Waals surface area contributed by atoms with Crippen LogP contribution >= 0.6 is 11.6 Å². The number of likely N-dealkylation sites (N-methyl/N-ethyl adjacent to an activating group) is 1. The van der Waals surface area contributed by atoms with Gasteiger partial charge < -0.3 is 14.2 Å². The number of ketones is 1. The van der Waals surface area contributed by atoms with Gasteiger partial charge >= 0.3 is 0 Å². The van der Waals surface area contributed by atoms with Crippen molar-refractivity contribution >= 4 is 37.3 Å². The van der Waals surface area contributed by atoms with E-state index in [4.69, 9.17) is 16.0 Å². The van der Waals surface area contributed by atoms with Gasteiger partial charge in [-0.3, -0.25) is 9.59 Å². The lowest BCUT2D eigenvalue weighted by molar-refractivity contribution is -0.114. The standard InChI is InChI=1S/C24H35ClN2O3Si/c1-8-26(9-2)13-14-27-20-17-19(25)16-18(21(20)22(28)23(27)29)12-10-11-15-30-31(6,7)24(3,4)5/h16-17H,8-9,11,13-15H2,1-7H3. The summed E-state index contributed by atoms with van der Waals surface area (Å²) in [6.07, 6.45) is 0.557. The molecule has 0 bridgehead atoms. The molecule has 170 valence electrons. The molecule has 0 atom stereocenters. The Morgan fingerprint density at radius 2 is 1.81 bits per heavy atom. The summed E-state index contributed by atoms with van der Waals surface area (Å²) >= 11 is 6.31. The number of hydrogen-bond donors (Lipinski definition) is 0. The van der Waals surface area contributed by atoms with E-state index in [1.165, 1.54) is 4.90 Å². The fourth-order valence-electron chi connectivity index (χ4n) is 3.22. The average Bonchev–Trinajstić information content (AvgIpc) is 2.91. The van der Waals surface area contributed by atoms with Crippen LogP contribution in [0.4, 0.5) is 5.69 Å². The van der Waals surface area contributed by atoms with E-state index in [1.54, 1.807) is 12.1 Å². The minimum atomic E-state index is -1.81. The number of anilines is 1. The zero-order valence-electron chi connectivity index (χ0n) is 19.9. The second-order valence-corrected chi connectivity index (χ2v) is 14.6. The van der Waals surface area contributed by atoms with Crippen LogP contribution in [0.25, 0.3) is 0 Å². The Hall–Kier alpha value is -1.65. The lowest BCUT2D eigenvalue weighted by Gasteiger charge is -2.35. The van der Waals surface area contributed by atoms with Gasteiger partial charge in [0, 0.05) is 36.7 Å². The monoisotopic (exact) mass is 462 g/mol. The van der Waals surface area contributed by atoms with Gasteiger partial charge in [-0.15, -0.1) is 0 Å². The lowest BCUT2D eigenvalue weighted by Crippen LogP contribution is -2.40. The maximum Gasteiger partial charge on any atom is 0.299 e. The first-order chi connectivity index (χ1) is 14.4. The molecule has 0 N–H and O–H groups in total. The van der Waals surface area contributed by atoms with Crippen molar-refractivity contribution in [3.05, 3.63) is 28.3 Å². The quantitative estimate of drug-likeness (QED) is 0.237. The molecule has 1 amide bonds. The molecule has 1 heterocycles. The molecule has 2 rings (SSSR count). The Morgan fingerprint density at radius 1 is 1.16 bits per heavy atom. The second-order valence-electron chi connectivity index (χ2n) is 9.32. The lowest BCUT2D eigenvalue weighted by atomic mass is 10.0. The largest absolute Gasteiger partial charge is 0.416 e. The van der Waals surface area contributed by atoms with E-state index in [2.05, 4.69) is 64.5 Å². The first-order valence-corrected chi connectivity index (χ1v) is 14.3. The van der Waals surface area contributed by atoms with Crippen molar-refractivity contribution in [1.82, 2.24) is 4.90 Å². The summed E-state index contributed by atoms with van der Waals surface area (Å²) in [5.41, 5.74) is 1.45. The second kappa shape index (κ2) is 10.3. The van der Waals surface area contributed by atoms with E-state index < -0.39 is 20.0 Å². The summed E-state index contributed by atoms with van der Waals surface area (Å²) in [5, 5.41) is 0.617. The Labute approximate surface area is 193 Å². The summed E-state index contributed by atoms with van der Waals surface area (Å²) in [6, 6.07) is 3.36. The molecule has 1 aromatic carbocycles. The average molecular weight is 463 g/mol. The summed E-state index contributed by atoms with van der Waals surface area (Å²) in [5.74, 6) is 5.15. The Morgan fingerprint density at radius 3 is 2.39 bits per heavy atom. The number of carbonyl (C=O) groups is 2. The maximum absolute atomic E-state index is 12.7. The predicted molar refractivity (Wildman–Crippen MR) is 131 cm³/mol. The minimum absolute atomic E-state index is 0.148. The van der Waals surface area contributed by atoms with Crippen LogP contribution in [0.1, 0.15) is 57.0 Å². The van der Waals surface area contributed by atoms with Crippen molar-refractivity contribution in [2.24, 2.45) is 0 Å². The van der Waals surface area contributed by atoms with Crippen molar-refractivity contribution in [3.8, 4) is 11.8 Å². The van der Waals surface area contributed by atoms with E-state index in [0.717, 1.165) is 13.1 Å². The summed E-state index contributed by atoms with van der Waals surface area (Å²) < 4.78 is 6.16. The van der Waals surface area contributed by atoms with E-state index >= 15 is 0 Å². The van der Waals surface area contributed by atoms with Crippen molar-refractivity contribution < 1.29 is 14.0 Å². The summed E-state index contributed by atoms with van der Waals surface area (Å²) in [6.45, 7) is 18.7. The van der Waals surface area contributed by atoms with E-state index in [0.29, 0.717) is 48.0 Å². The molecular weight excluding hydrogens is 428 g/mol. The van der Waals surface area contributed by atoms with Crippen LogP contribution in [0.3, 0.4) is 0 Å². The van der Waals surface area contributed by atoms with Crippen LogP contribution in [0.5, 0.6) is 0 Å². The number of benzene rings is 1. The van der Waals surface area contributed by atoms with Gasteiger partial charge in [0.05, 0.1) is 11.3 Å². The van der Waals surface area contributed by atoms with Gasteiger partial charge in [-0.1, -0.05) is 58.1 Å². The van der Waals surface area contributed by atoms with E-state index in [1.807, 2.05) is 0 Å². The number of fused-ring (bicyclic) bond motifs is 1. The van der Waals surface area contributed by atoms with Crippen LogP contribution < -0.4 is 4.90 Å². The Balaban J connectivity index is 2.18. The molecule has 5 nitrogen and oxygen atoms in total. The molecule has 0 unspecified atom stereocenters. The number of amides is 1. The van der Waals surface area contributed by atoms with Crippen LogP contribution in [0, 0.1) is 11.8 Å². The van der Waals surface area contributed by atoms with Crippen molar-refractivity contribution in [1.29, 1.82) is 0 Å². The molecule has 0 saturated carbocycles. The van der Waals surface area contributed by atoms with Gasteiger partial charge in [0.1, 0.15) is 0 Å². The fourth-order valence-corrected chi connectivity index (χ4v) is 4.47. The van der Waals surface area contributed by atoms with Crippen LogP contribution in [0.2, 0.25) is 23.2 Å². The maximum atomic E-state index is 12.7. The highest BCUT2D eigenvalue weighted by atomic mass is 35.5. The third kappa shape index (κ3) is 5.98. The van der Waals surface area contributed by atoms with Gasteiger partial charge in [-0.25, -0.2) is 0 Å². The highest BCUT2D eigenvalue weighted by Crippen LogP contribution is 2.37. The van der Waals surface area contributed by atoms with Gasteiger partial charge in [0.25, 0.3) is 11.7 Å². The number of nitrogens with zero attached hydrogens (tertiary/aromatic N) is 2. The van der Waals surface area contributed by atoms with Crippen LogP contribution in [-0.4, -0.2) is 57.7 Å². The van der Waals surface area contributed by atoms with E-state index in [9.17, 15) is 9.59 Å². The topological polar surface area (TPSA) is 49.9 Å². The first-order valence-electron chi connectivity index (χ1n) is 11.0. The summed E-state index contributed by atoms with van der Waals surface area (Å²) in [7, 11) is -1.81. The van der Waals surface area contributed by atoms with Crippen molar-refractivity contribution in [3.63, 3.8) is 0 Å². The predicted octanol–water partition coefficient (Wildman–Crippen LogP) is 4.97. The van der Waals surface area contributed by atoms with Gasteiger partial charge in [-0.05, 0) is 43.4 Å². The van der Waals surface area contributed by atoms with Crippen LogP contribution in [-0.2, 0) is 9.22 Å². The molecule has 31 heavy (non-hydrogen) atoms. The van der Waals surface area contributed by atoms with Crippen LogP contribution in [0.15, 0.2) is 12.1 Å². The SMILES string of the molecule is CCN(CC)CCN1C(=O)C(=O)c2c(C#CCCO[Si](C)(C)C(C)(C)C)cc(Cl)cc21. The molecule has 0 spiro atoms. The smallest absolute Gasteiger partial charge is 0.299 e. The zero-order valence-corrected chi connectivity index (χ0v) is 21.7. The van der Waals surface area contributed by atoms with Gasteiger partial charge in [0.15, 0.2) is 8.32 Å². The molecule has 1 aliphatic rings. The van der Waals surface area contributed by atoms with Crippen molar-refractivity contribution in [2.45, 2.75) is 59.2 Å². The Kier molecular flexibility index (Phi) is 8.52. The zero-order chi connectivity index (χ0) is 23.4. The number of halogens is 1. The third-order valence-corrected chi connectivity index (χ3v) is 11.0.